The van der Waals surface area contributed by atoms with Crippen molar-refractivity contribution in [3.63, 3.8) is 0 Å². The molecule has 0 aliphatic carbocycles. The molecule has 1 aliphatic rings. The van der Waals surface area contributed by atoms with Gasteiger partial charge in [0.15, 0.2) is 0 Å². The molecular formula is C18H27N3O5S. The normalized spacial score (nSPS) is 21.0. The molecule has 2 atom stereocenters. The number of rotatable bonds is 4. The summed E-state index contributed by atoms with van der Waals surface area (Å²) in [7, 11) is -3.84. The summed E-state index contributed by atoms with van der Waals surface area (Å²) < 4.78 is 27.9. The van der Waals surface area contributed by atoms with Crippen molar-refractivity contribution >= 4 is 27.7 Å². The SMILES string of the molecule is CC1CC(C(=O)O)CN(C(=O)Nc2ccccc2S(=O)(=O)NC(C)(C)C)C1. The number of urea groups is 1. The van der Waals surface area contributed by atoms with E-state index in [1.54, 1.807) is 32.9 Å². The molecule has 1 fully saturated rings. The number of sulfonamides is 1. The van der Waals surface area contributed by atoms with Crippen LogP contribution in [-0.2, 0) is 14.8 Å². The molecule has 1 heterocycles. The minimum atomic E-state index is -3.84. The molecule has 0 saturated carbocycles. The van der Waals surface area contributed by atoms with Crippen LogP contribution in [0.4, 0.5) is 10.5 Å². The maximum absolute atomic E-state index is 12.7. The number of nitrogens with zero attached hydrogens (tertiary/aromatic N) is 1. The van der Waals surface area contributed by atoms with Gasteiger partial charge in [-0.15, -0.1) is 0 Å². The van der Waals surface area contributed by atoms with Crippen LogP contribution in [0, 0.1) is 11.8 Å². The molecule has 1 aromatic rings. The Labute approximate surface area is 160 Å². The van der Waals surface area contributed by atoms with Crippen LogP contribution in [0.15, 0.2) is 29.2 Å². The third-order valence-corrected chi connectivity index (χ3v) is 5.97. The number of anilines is 1. The Hall–Kier alpha value is -2.13. The molecule has 2 rings (SSSR count). The molecule has 150 valence electrons. The Morgan fingerprint density at radius 2 is 1.81 bits per heavy atom. The van der Waals surface area contributed by atoms with Crippen molar-refractivity contribution in [1.29, 1.82) is 0 Å². The third-order valence-electron chi connectivity index (χ3n) is 4.15. The topological polar surface area (TPSA) is 116 Å². The first-order chi connectivity index (χ1) is 12.4. The van der Waals surface area contributed by atoms with Gasteiger partial charge in [-0.2, -0.15) is 0 Å². The van der Waals surface area contributed by atoms with Crippen molar-refractivity contribution in [3.8, 4) is 0 Å². The second-order valence-electron chi connectivity index (χ2n) is 8.06. The molecule has 3 N–H and O–H groups in total. The number of aliphatic carboxylic acids is 1. The largest absolute Gasteiger partial charge is 0.481 e. The lowest BCUT2D eigenvalue weighted by atomic mass is 9.91. The number of benzene rings is 1. The van der Waals surface area contributed by atoms with E-state index in [4.69, 9.17) is 0 Å². The number of para-hydroxylation sites is 1. The lowest BCUT2D eigenvalue weighted by molar-refractivity contribution is -0.143. The summed E-state index contributed by atoms with van der Waals surface area (Å²) in [6.45, 7) is 7.60. The summed E-state index contributed by atoms with van der Waals surface area (Å²) in [6.07, 6.45) is 0.513. The first kappa shape index (κ1) is 21.2. The van der Waals surface area contributed by atoms with Crippen molar-refractivity contribution < 1.29 is 23.1 Å². The van der Waals surface area contributed by atoms with Crippen LogP contribution in [-0.4, -0.2) is 49.1 Å². The molecule has 9 heteroatoms. The van der Waals surface area contributed by atoms with E-state index < -0.39 is 33.5 Å². The van der Waals surface area contributed by atoms with E-state index in [9.17, 15) is 23.1 Å². The monoisotopic (exact) mass is 397 g/mol. The fourth-order valence-corrected chi connectivity index (χ4v) is 4.74. The van der Waals surface area contributed by atoms with E-state index in [0.717, 1.165) is 0 Å². The van der Waals surface area contributed by atoms with Gasteiger partial charge in [0.1, 0.15) is 4.90 Å². The molecule has 2 unspecified atom stereocenters. The van der Waals surface area contributed by atoms with Gasteiger partial charge in [0, 0.05) is 18.6 Å². The minimum Gasteiger partial charge on any atom is -0.481 e. The fraction of sp³-hybridized carbons (Fsp3) is 0.556. The van der Waals surface area contributed by atoms with Gasteiger partial charge in [0.25, 0.3) is 0 Å². The molecule has 2 amide bonds. The minimum absolute atomic E-state index is 0.0342. The number of nitrogens with one attached hydrogen (secondary N) is 2. The zero-order valence-electron chi connectivity index (χ0n) is 16.0. The van der Waals surface area contributed by atoms with E-state index in [2.05, 4.69) is 10.0 Å². The Morgan fingerprint density at radius 3 is 2.41 bits per heavy atom. The number of likely N-dealkylation sites (tertiary alicyclic amines) is 1. The Kier molecular flexibility index (Phi) is 6.16. The molecule has 0 aromatic heterocycles. The maximum Gasteiger partial charge on any atom is 0.321 e. The first-order valence-corrected chi connectivity index (χ1v) is 10.3. The fourth-order valence-electron chi connectivity index (χ4n) is 3.15. The highest BCUT2D eigenvalue weighted by molar-refractivity contribution is 7.89. The quantitative estimate of drug-likeness (QED) is 0.721. The zero-order chi connectivity index (χ0) is 20.4. The van der Waals surface area contributed by atoms with Crippen LogP contribution in [0.5, 0.6) is 0 Å². The third kappa shape index (κ3) is 5.67. The van der Waals surface area contributed by atoms with Crippen molar-refractivity contribution in [3.05, 3.63) is 24.3 Å². The average molecular weight is 397 g/mol. The second kappa shape index (κ2) is 7.85. The molecule has 0 spiro atoms. The number of hydrogen-bond acceptors (Lipinski definition) is 4. The highest BCUT2D eigenvalue weighted by Crippen LogP contribution is 2.25. The van der Waals surface area contributed by atoms with Gasteiger partial charge in [-0.3, -0.25) is 4.79 Å². The van der Waals surface area contributed by atoms with E-state index >= 15 is 0 Å². The zero-order valence-corrected chi connectivity index (χ0v) is 16.8. The molecule has 0 bridgehead atoms. The Bertz CT molecular complexity index is 817. The van der Waals surface area contributed by atoms with Gasteiger partial charge in [0.2, 0.25) is 10.0 Å². The average Bonchev–Trinajstić information content (AvgIpc) is 2.52. The highest BCUT2D eigenvalue weighted by Gasteiger charge is 2.32. The van der Waals surface area contributed by atoms with Crippen LogP contribution in [0.3, 0.4) is 0 Å². The summed E-state index contributed by atoms with van der Waals surface area (Å²) in [5.41, 5.74) is -0.517. The summed E-state index contributed by atoms with van der Waals surface area (Å²) in [5.74, 6) is -1.51. The van der Waals surface area contributed by atoms with Gasteiger partial charge in [-0.05, 0) is 45.2 Å². The predicted molar refractivity (Wildman–Crippen MR) is 102 cm³/mol. The predicted octanol–water partition coefficient (Wildman–Crippen LogP) is 2.34. The number of carboxylic acids is 1. The molecule has 1 aliphatic heterocycles. The number of hydrogen-bond donors (Lipinski definition) is 3. The van der Waals surface area contributed by atoms with E-state index in [1.807, 2.05) is 6.92 Å². The molecule has 8 nitrogen and oxygen atoms in total. The van der Waals surface area contributed by atoms with Crippen molar-refractivity contribution in [2.24, 2.45) is 11.8 Å². The van der Waals surface area contributed by atoms with Crippen LogP contribution >= 0.6 is 0 Å². The summed E-state index contributed by atoms with van der Waals surface area (Å²) >= 11 is 0. The standard InChI is InChI=1S/C18H27N3O5S/c1-12-9-13(16(22)23)11-21(10-12)17(24)19-14-7-5-6-8-15(14)27(25,26)20-18(2,3)4/h5-8,12-13,20H,9-11H2,1-4H3,(H,19,24)(H,22,23). The summed E-state index contributed by atoms with van der Waals surface area (Å²) in [4.78, 5) is 25.3. The van der Waals surface area contributed by atoms with E-state index in [1.165, 1.54) is 17.0 Å². The Morgan fingerprint density at radius 1 is 1.19 bits per heavy atom. The van der Waals surface area contributed by atoms with Crippen LogP contribution in [0.1, 0.15) is 34.1 Å². The lowest BCUT2D eigenvalue weighted by Crippen LogP contribution is -2.47. The number of piperidine rings is 1. The van der Waals surface area contributed by atoms with Gasteiger partial charge in [0.05, 0.1) is 11.6 Å². The number of carboxylic acid groups (broad SMARTS) is 1. The van der Waals surface area contributed by atoms with Crippen molar-refractivity contribution in [2.45, 2.75) is 44.6 Å². The lowest BCUT2D eigenvalue weighted by Gasteiger charge is -2.34. The van der Waals surface area contributed by atoms with E-state index in [-0.39, 0.29) is 23.0 Å². The van der Waals surface area contributed by atoms with Gasteiger partial charge < -0.3 is 15.3 Å². The summed E-state index contributed by atoms with van der Waals surface area (Å²) in [6, 6.07) is 5.63. The molecule has 1 saturated heterocycles. The van der Waals surface area contributed by atoms with Gasteiger partial charge >= 0.3 is 12.0 Å². The van der Waals surface area contributed by atoms with E-state index in [0.29, 0.717) is 13.0 Å². The summed E-state index contributed by atoms with van der Waals surface area (Å²) in [5, 5.41) is 11.9. The molecule has 27 heavy (non-hydrogen) atoms. The smallest absolute Gasteiger partial charge is 0.321 e. The highest BCUT2D eigenvalue weighted by atomic mass is 32.2. The van der Waals surface area contributed by atoms with Gasteiger partial charge in [-0.1, -0.05) is 19.1 Å². The molecule has 0 radical (unpaired) electrons. The van der Waals surface area contributed by atoms with Crippen molar-refractivity contribution in [2.75, 3.05) is 18.4 Å². The first-order valence-electron chi connectivity index (χ1n) is 8.81. The Balaban J connectivity index is 2.23. The van der Waals surface area contributed by atoms with Crippen molar-refractivity contribution in [1.82, 2.24) is 9.62 Å². The number of carbonyl (C=O) groups excluding carboxylic acids is 1. The van der Waals surface area contributed by atoms with Gasteiger partial charge in [-0.25, -0.2) is 17.9 Å². The number of amides is 2. The van der Waals surface area contributed by atoms with Crippen LogP contribution < -0.4 is 10.0 Å². The molecular weight excluding hydrogens is 370 g/mol. The maximum atomic E-state index is 12.7. The van der Waals surface area contributed by atoms with Crippen LogP contribution in [0.25, 0.3) is 0 Å². The second-order valence-corrected chi connectivity index (χ2v) is 9.71. The number of carbonyl (C=O) groups is 2. The molecule has 1 aromatic carbocycles. The van der Waals surface area contributed by atoms with Crippen LogP contribution in [0.2, 0.25) is 0 Å².